The van der Waals surface area contributed by atoms with Crippen LogP contribution < -0.4 is 11.1 Å². The van der Waals surface area contributed by atoms with Gasteiger partial charge in [0.05, 0.1) is 12.1 Å². The molecular formula is C18H21FN2O2. The molecule has 1 heterocycles. The zero-order valence-electron chi connectivity index (χ0n) is 13.0. The normalized spacial score (nSPS) is 16.4. The van der Waals surface area contributed by atoms with Crippen molar-refractivity contribution in [2.45, 2.75) is 37.6 Å². The van der Waals surface area contributed by atoms with Crippen LogP contribution in [-0.2, 0) is 12.0 Å². The van der Waals surface area contributed by atoms with Crippen molar-refractivity contribution in [2.24, 2.45) is 5.73 Å². The fourth-order valence-corrected chi connectivity index (χ4v) is 3.38. The maximum atomic E-state index is 13.2. The van der Waals surface area contributed by atoms with Crippen LogP contribution in [0.3, 0.4) is 0 Å². The third-order valence-corrected chi connectivity index (χ3v) is 4.72. The minimum absolute atomic E-state index is 0.107. The van der Waals surface area contributed by atoms with Crippen LogP contribution in [0, 0.1) is 5.82 Å². The van der Waals surface area contributed by atoms with Gasteiger partial charge in [-0.15, -0.1) is 0 Å². The van der Waals surface area contributed by atoms with Crippen molar-refractivity contribution in [3.63, 3.8) is 0 Å². The lowest BCUT2D eigenvalue weighted by molar-refractivity contribution is 0.0942. The van der Waals surface area contributed by atoms with Crippen LogP contribution >= 0.6 is 0 Å². The largest absolute Gasteiger partial charge is 0.467 e. The van der Waals surface area contributed by atoms with E-state index in [1.165, 1.54) is 18.4 Å². The van der Waals surface area contributed by atoms with Crippen molar-refractivity contribution in [1.29, 1.82) is 0 Å². The molecule has 0 atom stereocenters. The Hall–Kier alpha value is -2.14. The third kappa shape index (κ3) is 3.29. The fraction of sp³-hybridized carbons (Fsp3) is 0.389. The Balaban J connectivity index is 1.72. The van der Waals surface area contributed by atoms with Gasteiger partial charge in [-0.05, 0) is 36.6 Å². The van der Waals surface area contributed by atoms with Crippen molar-refractivity contribution < 1.29 is 13.6 Å². The maximum Gasteiger partial charge on any atom is 0.254 e. The lowest BCUT2D eigenvalue weighted by Crippen LogP contribution is -2.38. The highest BCUT2D eigenvalue weighted by Crippen LogP contribution is 2.40. The summed E-state index contributed by atoms with van der Waals surface area (Å²) in [6, 6.07) is 8.30. The molecule has 122 valence electrons. The topological polar surface area (TPSA) is 68.3 Å². The predicted molar refractivity (Wildman–Crippen MR) is 85.5 cm³/mol. The van der Waals surface area contributed by atoms with Crippen molar-refractivity contribution in [2.75, 3.05) is 6.54 Å². The van der Waals surface area contributed by atoms with E-state index in [-0.39, 0.29) is 23.7 Å². The average molecular weight is 316 g/mol. The number of nitrogens with two attached hydrogens (primary N) is 1. The highest BCUT2D eigenvalue weighted by Gasteiger charge is 2.36. The number of halogens is 1. The van der Waals surface area contributed by atoms with Crippen molar-refractivity contribution in [1.82, 2.24) is 5.32 Å². The van der Waals surface area contributed by atoms with E-state index in [9.17, 15) is 9.18 Å². The molecule has 1 aromatic carbocycles. The molecule has 1 aliphatic rings. The molecule has 0 aliphatic heterocycles. The molecule has 23 heavy (non-hydrogen) atoms. The van der Waals surface area contributed by atoms with Crippen LogP contribution in [0.4, 0.5) is 4.39 Å². The standard InChI is InChI=1S/C18H21FN2O2/c19-15-5-3-14(4-6-15)18(7-1-2-8-18)12-21-17(22)13-9-16(10-20)23-11-13/h3-6,9,11H,1-2,7-8,10,12,20H2,(H,21,22). The third-order valence-electron chi connectivity index (χ3n) is 4.72. The first-order valence-corrected chi connectivity index (χ1v) is 7.95. The second kappa shape index (κ2) is 6.54. The van der Waals surface area contributed by atoms with Crippen LogP contribution in [0.25, 0.3) is 0 Å². The number of nitrogens with one attached hydrogen (secondary N) is 1. The highest BCUT2D eigenvalue weighted by atomic mass is 19.1. The summed E-state index contributed by atoms with van der Waals surface area (Å²) in [5, 5.41) is 3.00. The van der Waals surface area contributed by atoms with Gasteiger partial charge >= 0.3 is 0 Å². The summed E-state index contributed by atoms with van der Waals surface area (Å²) in [6.07, 6.45) is 5.67. The van der Waals surface area contributed by atoms with Gasteiger partial charge in [-0.25, -0.2) is 4.39 Å². The van der Waals surface area contributed by atoms with E-state index in [1.54, 1.807) is 6.07 Å². The molecule has 0 unspecified atom stereocenters. The first-order valence-electron chi connectivity index (χ1n) is 7.95. The van der Waals surface area contributed by atoms with E-state index in [0.29, 0.717) is 17.9 Å². The molecule has 2 aromatic rings. The Bertz CT molecular complexity index is 673. The lowest BCUT2D eigenvalue weighted by Gasteiger charge is -2.30. The minimum Gasteiger partial charge on any atom is -0.467 e. The second-order valence-corrected chi connectivity index (χ2v) is 6.18. The number of carbonyl (C=O) groups excluding carboxylic acids is 1. The molecule has 1 saturated carbocycles. The molecule has 3 rings (SSSR count). The molecular weight excluding hydrogens is 295 g/mol. The van der Waals surface area contributed by atoms with Gasteiger partial charge in [0.25, 0.3) is 5.91 Å². The van der Waals surface area contributed by atoms with E-state index in [0.717, 1.165) is 31.2 Å². The molecule has 0 bridgehead atoms. The molecule has 4 nitrogen and oxygen atoms in total. The van der Waals surface area contributed by atoms with Gasteiger partial charge in [0, 0.05) is 12.0 Å². The predicted octanol–water partition coefficient (Wildman–Crippen LogP) is 3.12. The molecule has 1 amide bonds. The number of amides is 1. The van der Waals surface area contributed by atoms with E-state index in [2.05, 4.69) is 5.32 Å². The Morgan fingerprint density at radius 3 is 2.57 bits per heavy atom. The molecule has 1 fully saturated rings. The van der Waals surface area contributed by atoms with Crippen LogP contribution in [0.2, 0.25) is 0 Å². The molecule has 3 N–H and O–H groups in total. The molecule has 5 heteroatoms. The number of hydrogen-bond acceptors (Lipinski definition) is 3. The summed E-state index contributed by atoms with van der Waals surface area (Å²) in [7, 11) is 0. The first-order chi connectivity index (χ1) is 11.1. The van der Waals surface area contributed by atoms with Crippen LogP contribution in [0.1, 0.15) is 47.4 Å². The van der Waals surface area contributed by atoms with Gasteiger partial charge in [0.2, 0.25) is 0 Å². The van der Waals surface area contributed by atoms with Crippen LogP contribution in [-0.4, -0.2) is 12.5 Å². The monoisotopic (exact) mass is 316 g/mol. The van der Waals surface area contributed by atoms with Gasteiger partial charge in [0.15, 0.2) is 0 Å². The van der Waals surface area contributed by atoms with Gasteiger partial charge in [-0.1, -0.05) is 25.0 Å². The molecule has 0 saturated heterocycles. The van der Waals surface area contributed by atoms with E-state index in [1.807, 2.05) is 12.1 Å². The molecule has 1 aromatic heterocycles. The van der Waals surface area contributed by atoms with Crippen LogP contribution in [0.5, 0.6) is 0 Å². The number of benzene rings is 1. The van der Waals surface area contributed by atoms with Gasteiger partial charge in [-0.2, -0.15) is 0 Å². The van der Waals surface area contributed by atoms with Crippen molar-refractivity contribution in [3.05, 3.63) is 59.3 Å². The quantitative estimate of drug-likeness (QED) is 0.890. The highest BCUT2D eigenvalue weighted by molar-refractivity contribution is 5.94. The van der Waals surface area contributed by atoms with E-state index >= 15 is 0 Å². The zero-order chi connectivity index (χ0) is 16.3. The number of rotatable bonds is 5. The lowest BCUT2D eigenvalue weighted by atomic mass is 9.78. The summed E-state index contributed by atoms with van der Waals surface area (Å²) in [6.45, 7) is 0.813. The molecule has 0 spiro atoms. The Labute approximate surface area is 134 Å². The summed E-state index contributed by atoms with van der Waals surface area (Å²) in [5.41, 5.74) is 6.96. The molecule has 1 aliphatic carbocycles. The Morgan fingerprint density at radius 1 is 1.26 bits per heavy atom. The SMILES string of the molecule is NCc1cc(C(=O)NCC2(c3ccc(F)cc3)CCCC2)co1. The van der Waals surface area contributed by atoms with Gasteiger partial charge < -0.3 is 15.5 Å². The first kappa shape index (κ1) is 15.7. The van der Waals surface area contributed by atoms with Crippen LogP contribution in [0.15, 0.2) is 41.0 Å². The van der Waals surface area contributed by atoms with E-state index < -0.39 is 0 Å². The second-order valence-electron chi connectivity index (χ2n) is 6.18. The number of carbonyl (C=O) groups is 1. The zero-order valence-corrected chi connectivity index (χ0v) is 13.0. The van der Waals surface area contributed by atoms with Crippen molar-refractivity contribution >= 4 is 5.91 Å². The minimum atomic E-state index is -0.237. The van der Waals surface area contributed by atoms with E-state index in [4.69, 9.17) is 10.2 Å². The maximum absolute atomic E-state index is 13.2. The molecule has 0 radical (unpaired) electrons. The van der Waals surface area contributed by atoms with Crippen molar-refractivity contribution in [3.8, 4) is 0 Å². The Morgan fingerprint density at radius 2 is 1.96 bits per heavy atom. The average Bonchev–Trinajstić information content (AvgIpc) is 3.23. The summed E-state index contributed by atoms with van der Waals surface area (Å²) in [5.74, 6) is 0.185. The van der Waals surface area contributed by atoms with Gasteiger partial charge in [-0.3, -0.25) is 4.79 Å². The van der Waals surface area contributed by atoms with Gasteiger partial charge in [0.1, 0.15) is 17.8 Å². The Kier molecular flexibility index (Phi) is 4.48. The summed E-state index contributed by atoms with van der Waals surface area (Å²) in [4.78, 5) is 12.3. The fourth-order valence-electron chi connectivity index (χ4n) is 3.38. The number of furan rings is 1. The smallest absolute Gasteiger partial charge is 0.254 e. The summed E-state index contributed by atoms with van der Waals surface area (Å²) >= 11 is 0. The number of hydrogen-bond donors (Lipinski definition) is 2. The summed E-state index contributed by atoms with van der Waals surface area (Å²) < 4.78 is 18.4.